The Hall–Kier alpha value is -2.02. The molecule has 1 aliphatic heterocycles. The standard InChI is InChI=1S/C21H23IN4/c1-25(2)17-10-6-15(7-11-17)20-19-5-3-4-14-23-21(19)26(24-20)18-12-8-16(22)9-13-18/h6-13,23H,3-5,14H2,1-2H3. The van der Waals surface area contributed by atoms with Crippen LogP contribution in [-0.4, -0.2) is 30.4 Å². The fraction of sp³-hybridized carbons (Fsp3) is 0.286. The first-order valence-electron chi connectivity index (χ1n) is 9.03. The number of anilines is 2. The SMILES string of the molecule is CN(C)c1ccc(-c2nn(-c3ccc(I)cc3)c3c2CCCCN3)cc1. The molecular formula is C21H23IN4. The second-order valence-corrected chi connectivity index (χ2v) is 8.13. The molecule has 0 unspecified atom stereocenters. The lowest BCUT2D eigenvalue weighted by Gasteiger charge is -2.12. The Kier molecular flexibility index (Phi) is 4.89. The quantitative estimate of drug-likeness (QED) is 0.564. The van der Waals surface area contributed by atoms with Crippen LogP contribution in [0.25, 0.3) is 16.9 Å². The van der Waals surface area contributed by atoms with E-state index in [1.165, 1.54) is 33.2 Å². The van der Waals surface area contributed by atoms with E-state index in [1.54, 1.807) is 0 Å². The van der Waals surface area contributed by atoms with E-state index in [-0.39, 0.29) is 0 Å². The fourth-order valence-corrected chi connectivity index (χ4v) is 3.78. The van der Waals surface area contributed by atoms with E-state index < -0.39 is 0 Å². The number of fused-ring (bicyclic) bond motifs is 1. The number of hydrogen-bond acceptors (Lipinski definition) is 3. The van der Waals surface area contributed by atoms with E-state index in [2.05, 4.69) is 100 Å². The average molecular weight is 458 g/mol. The first-order valence-corrected chi connectivity index (χ1v) is 10.1. The molecule has 2 aromatic carbocycles. The molecule has 26 heavy (non-hydrogen) atoms. The van der Waals surface area contributed by atoms with Crippen molar-refractivity contribution in [1.29, 1.82) is 0 Å². The third-order valence-electron chi connectivity index (χ3n) is 4.86. The van der Waals surface area contributed by atoms with Crippen molar-refractivity contribution < 1.29 is 0 Å². The van der Waals surface area contributed by atoms with Crippen molar-refractivity contribution >= 4 is 34.1 Å². The molecule has 0 spiro atoms. The van der Waals surface area contributed by atoms with Gasteiger partial charge in [-0.1, -0.05) is 12.1 Å². The van der Waals surface area contributed by atoms with E-state index in [0.29, 0.717) is 0 Å². The van der Waals surface area contributed by atoms with Crippen LogP contribution in [0.2, 0.25) is 0 Å². The van der Waals surface area contributed by atoms with Crippen LogP contribution in [0, 0.1) is 3.57 Å². The molecule has 2 heterocycles. The van der Waals surface area contributed by atoms with Crippen molar-refractivity contribution in [2.45, 2.75) is 19.3 Å². The van der Waals surface area contributed by atoms with Crippen LogP contribution in [-0.2, 0) is 6.42 Å². The highest BCUT2D eigenvalue weighted by Crippen LogP contribution is 2.34. The Morgan fingerprint density at radius 3 is 2.42 bits per heavy atom. The molecule has 4 nitrogen and oxygen atoms in total. The highest BCUT2D eigenvalue weighted by Gasteiger charge is 2.21. The van der Waals surface area contributed by atoms with Gasteiger partial charge in [-0.3, -0.25) is 0 Å². The van der Waals surface area contributed by atoms with Gasteiger partial charge in [-0.15, -0.1) is 0 Å². The van der Waals surface area contributed by atoms with Gasteiger partial charge in [0.15, 0.2) is 0 Å². The summed E-state index contributed by atoms with van der Waals surface area (Å²) in [6.07, 6.45) is 3.46. The summed E-state index contributed by atoms with van der Waals surface area (Å²) in [7, 11) is 4.13. The largest absolute Gasteiger partial charge is 0.378 e. The van der Waals surface area contributed by atoms with Crippen LogP contribution < -0.4 is 10.2 Å². The lowest BCUT2D eigenvalue weighted by molar-refractivity contribution is 0.780. The molecule has 4 rings (SSSR count). The minimum atomic E-state index is 1.00. The normalized spacial score (nSPS) is 13.7. The minimum Gasteiger partial charge on any atom is -0.378 e. The van der Waals surface area contributed by atoms with Gasteiger partial charge in [0.1, 0.15) is 5.82 Å². The fourth-order valence-electron chi connectivity index (χ4n) is 3.42. The van der Waals surface area contributed by atoms with Gasteiger partial charge in [-0.25, -0.2) is 4.68 Å². The second-order valence-electron chi connectivity index (χ2n) is 6.89. The van der Waals surface area contributed by atoms with Gasteiger partial charge in [-0.05, 0) is 78.3 Å². The molecule has 0 fully saturated rings. The molecule has 1 aromatic heterocycles. The van der Waals surface area contributed by atoms with Gasteiger partial charge in [0.25, 0.3) is 0 Å². The molecule has 0 saturated heterocycles. The highest BCUT2D eigenvalue weighted by atomic mass is 127. The Morgan fingerprint density at radius 1 is 1.00 bits per heavy atom. The van der Waals surface area contributed by atoms with Gasteiger partial charge < -0.3 is 10.2 Å². The maximum absolute atomic E-state index is 5.02. The second kappa shape index (κ2) is 7.31. The maximum Gasteiger partial charge on any atom is 0.133 e. The average Bonchev–Trinajstić information content (AvgIpc) is 2.84. The topological polar surface area (TPSA) is 33.1 Å². The van der Waals surface area contributed by atoms with Crippen LogP contribution >= 0.6 is 22.6 Å². The zero-order chi connectivity index (χ0) is 18.1. The van der Waals surface area contributed by atoms with Gasteiger partial charge in [0, 0.05) is 41.0 Å². The van der Waals surface area contributed by atoms with Crippen LogP contribution in [0.1, 0.15) is 18.4 Å². The minimum absolute atomic E-state index is 1.00. The lowest BCUT2D eigenvalue weighted by Crippen LogP contribution is -2.08. The first-order chi connectivity index (χ1) is 12.6. The Bertz CT molecular complexity index is 895. The predicted octanol–water partition coefficient (Wildman–Crippen LogP) is 4.96. The summed E-state index contributed by atoms with van der Waals surface area (Å²) < 4.78 is 3.31. The monoisotopic (exact) mass is 458 g/mol. The molecule has 1 aliphatic rings. The summed E-state index contributed by atoms with van der Waals surface area (Å²) in [5.74, 6) is 1.15. The van der Waals surface area contributed by atoms with Crippen molar-refractivity contribution in [2.24, 2.45) is 0 Å². The Morgan fingerprint density at radius 2 is 1.73 bits per heavy atom. The predicted molar refractivity (Wildman–Crippen MR) is 117 cm³/mol. The maximum atomic E-state index is 5.02. The third kappa shape index (κ3) is 3.32. The van der Waals surface area contributed by atoms with Crippen LogP contribution in [0.15, 0.2) is 48.5 Å². The van der Waals surface area contributed by atoms with Crippen molar-refractivity contribution in [3.05, 3.63) is 57.7 Å². The summed E-state index contributed by atoms with van der Waals surface area (Å²) in [6.45, 7) is 1.00. The third-order valence-corrected chi connectivity index (χ3v) is 5.58. The smallest absolute Gasteiger partial charge is 0.133 e. The molecule has 3 aromatic rings. The van der Waals surface area contributed by atoms with Crippen molar-refractivity contribution in [3.63, 3.8) is 0 Å². The van der Waals surface area contributed by atoms with E-state index >= 15 is 0 Å². The summed E-state index contributed by atoms with van der Waals surface area (Å²) in [5.41, 5.74) is 5.92. The molecule has 5 heteroatoms. The van der Waals surface area contributed by atoms with Crippen molar-refractivity contribution in [3.8, 4) is 16.9 Å². The highest BCUT2D eigenvalue weighted by molar-refractivity contribution is 14.1. The number of rotatable bonds is 3. The number of halogens is 1. The zero-order valence-electron chi connectivity index (χ0n) is 15.2. The number of nitrogens with zero attached hydrogens (tertiary/aromatic N) is 3. The molecule has 0 radical (unpaired) electrons. The first kappa shape index (κ1) is 17.4. The number of nitrogens with one attached hydrogen (secondary N) is 1. The summed E-state index contributed by atoms with van der Waals surface area (Å²) in [6, 6.07) is 17.2. The molecule has 0 atom stereocenters. The summed E-state index contributed by atoms with van der Waals surface area (Å²) in [5, 5.41) is 8.63. The molecule has 0 saturated carbocycles. The molecule has 0 bridgehead atoms. The van der Waals surface area contributed by atoms with Gasteiger partial charge in [-0.2, -0.15) is 5.10 Å². The Labute approximate surface area is 168 Å². The summed E-state index contributed by atoms with van der Waals surface area (Å²) >= 11 is 2.34. The van der Waals surface area contributed by atoms with Gasteiger partial charge in [0.2, 0.25) is 0 Å². The number of benzene rings is 2. The number of aromatic nitrogens is 2. The molecule has 134 valence electrons. The molecule has 0 aliphatic carbocycles. The van der Waals surface area contributed by atoms with Crippen LogP contribution in [0.5, 0.6) is 0 Å². The van der Waals surface area contributed by atoms with Gasteiger partial charge >= 0.3 is 0 Å². The van der Waals surface area contributed by atoms with E-state index in [4.69, 9.17) is 5.10 Å². The van der Waals surface area contributed by atoms with Crippen molar-refractivity contribution in [2.75, 3.05) is 30.9 Å². The summed E-state index contributed by atoms with van der Waals surface area (Å²) in [4.78, 5) is 2.12. The zero-order valence-corrected chi connectivity index (χ0v) is 17.3. The Balaban J connectivity index is 1.83. The molecule has 1 N–H and O–H groups in total. The van der Waals surface area contributed by atoms with Crippen LogP contribution in [0.4, 0.5) is 11.5 Å². The van der Waals surface area contributed by atoms with E-state index in [1.807, 2.05) is 0 Å². The van der Waals surface area contributed by atoms with Crippen molar-refractivity contribution in [1.82, 2.24) is 9.78 Å². The van der Waals surface area contributed by atoms with E-state index in [9.17, 15) is 0 Å². The van der Waals surface area contributed by atoms with Gasteiger partial charge in [0.05, 0.1) is 11.4 Å². The van der Waals surface area contributed by atoms with Crippen LogP contribution in [0.3, 0.4) is 0 Å². The number of hydrogen-bond donors (Lipinski definition) is 1. The molecule has 0 amide bonds. The van der Waals surface area contributed by atoms with E-state index in [0.717, 1.165) is 30.2 Å². The lowest BCUT2D eigenvalue weighted by atomic mass is 10.0. The molecular weight excluding hydrogens is 435 g/mol.